The Hall–Kier alpha value is -1.91. The van der Waals surface area contributed by atoms with Crippen molar-refractivity contribution in [2.45, 2.75) is 44.7 Å². The molecule has 1 N–H and O–H groups in total. The van der Waals surface area contributed by atoms with Gasteiger partial charge in [0.1, 0.15) is 6.04 Å². The van der Waals surface area contributed by atoms with Gasteiger partial charge in [-0.25, -0.2) is 4.79 Å². The topological polar surface area (TPSA) is 54.5 Å². The van der Waals surface area contributed by atoms with Crippen LogP contribution in [0.15, 0.2) is 12.3 Å². The molecular formula is C15H18ClF6N3O2. The fourth-order valence-corrected chi connectivity index (χ4v) is 2.34. The zero-order valence-corrected chi connectivity index (χ0v) is 15.2. The Morgan fingerprint density at radius 1 is 1.33 bits per heavy atom. The SMILES string of the molecule is CCN(Cc1cc(Cl)c(OC)cn1)C(=O)NC(CCC(F)(F)F)C(F)(F)F. The highest BCUT2D eigenvalue weighted by Crippen LogP contribution is 2.29. The molecule has 27 heavy (non-hydrogen) atoms. The summed E-state index contributed by atoms with van der Waals surface area (Å²) in [4.78, 5) is 17.1. The summed E-state index contributed by atoms with van der Waals surface area (Å²) in [6, 6.07) is -2.40. The second kappa shape index (κ2) is 9.34. The van der Waals surface area contributed by atoms with E-state index in [1.165, 1.54) is 26.3 Å². The number of methoxy groups -OCH3 is 1. The molecule has 1 rings (SSSR count). The van der Waals surface area contributed by atoms with Gasteiger partial charge in [-0.2, -0.15) is 26.3 Å². The van der Waals surface area contributed by atoms with Crippen molar-refractivity contribution in [1.82, 2.24) is 15.2 Å². The number of ether oxygens (including phenoxy) is 1. The molecule has 154 valence electrons. The van der Waals surface area contributed by atoms with Crippen LogP contribution in [0.2, 0.25) is 5.02 Å². The first-order valence-corrected chi connectivity index (χ1v) is 8.12. The number of alkyl halides is 6. The monoisotopic (exact) mass is 421 g/mol. The van der Waals surface area contributed by atoms with Gasteiger partial charge in [-0.1, -0.05) is 11.6 Å². The van der Waals surface area contributed by atoms with Gasteiger partial charge in [-0.3, -0.25) is 4.98 Å². The molecule has 0 radical (unpaired) electrons. The lowest BCUT2D eigenvalue weighted by atomic mass is 10.1. The number of rotatable bonds is 7. The lowest BCUT2D eigenvalue weighted by molar-refractivity contribution is -0.171. The molecule has 1 aromatic heterocycles. The highest BCUT2D eigenvalue weighted by molar-refractivity contribution is 6.32. The molecular weight excluding hydrogens is 404 g/mol. The van der Waals surface area contributed by atoms with Crippen molar-refractivity contribution in [3.05, 3.63) is 23.0 Å². The number of halogens is 7. The molecule has 1 atom stereocenters. The molecule has 5 nitrogen and oxygen atoms in total. The fourth-order valence-electron chi connectivity index (χ4n) is 2.08. The lowest BCUT2D eigenvalue weighted by Gasteiger charge is -2.27. The van der Waals surface area contributed by atoms with Crippen molar-refractivity contribution in [3.8, 4) is 5.75 Å². The number of nitrogens with zero attached hydrogens (tertiary/aromatic N) is 2. The van der Waals surface area contributed by atoms with Gasteiger partial charge < -0.3 is 15.0 Å². The van der Waals surface area contributed by atoms with E-state index in [4.69, 9.17) is 16.3 Å². The zero-order chi connectivity index (χ0) is 20.8. The smallest absolute Gasteiger partial charge is 0.408 e. The number of carbonyl (C=O) groups is 1. The molecule has 0 aromatic carbocycles. The van der Waals surface area contributed by atoms with E-state index in [0.29, 0.717) is 0 Å². The second-order valence-electron chi connectivity index (χ2n) is 5.52. The number of pyridine rings is 1. The van der Waals surface area contributed by atoms with E-state index < -0.39 is 37.3 Å². The molecule has 0 fully saturated rings. The standard InChI is InChI=1S/C15H18ClF6N3O2/c1-3-25(8-9-6-10(16)11(27-2)7-23-9)13(26)24-12(15(20,21)22)4-5-14(17,18)19/h6-7,12H,3-5,8H2,1-2H3,(H,24,26). The Bertz CT molecular complexity index is 639. The Balaban J connectivity index is 2.83. The van der Waals surface area contributed by atoms with Crippen LogP contribution in [-0.4, -0.2) is 48.0 Å². The molecule has 0 saturated carbocycles. The second-order valence-corrected chi connectivity index (χ2v) is 5.93. The van der Waals surface area contributed by atoms with E-state index in [1.807, 2.05) is 0 Å². The Morgan fingerprint density at radius 3 is 2.41 bits per heavy atom. The quantitative estimate of drug-likeness (QED) is 0.657. The molecule has 12 heteroatoms. The average Bonchev–Trinajstić information content (AvgIpc) is 2.54. The van der Waals surface area contributed by atoms with Crippen LogP contribution in [0.5, 0.6) is 5.75 Å². The minimum Gasteiger partial charge on any atom is -0.494 e. The van der Waals surface area contributed by atoms with Gasteiger partial charge in [0.15, 0.2) is 5.75 Å². The zero-order valence-electron chi connectivity index (χ0n) is 14.4. The first kappa shape index (κ1) is 23.1. The molecule has 0 spiro atoms. The van der Waals surface area contributed by atoms with Crippen LogP contribution in [0.1, 0.15) is 25.5 Å². The number of carbonyl (C=O) groups excluding carboxylic acids is 1. The molecule has 1 heterocycles. The van der Waals surface area contributed by atoms with Crippen LogP contribution >= 0.6 is 11.6 Å². The van der Waals surface area contributed by atoms with E-state index in [9.17, 15) is 31.1 Å². The van der Waals surface area contributed by atoms with Crippen LogP contribution < -0.4 is 10.1 Å². The van der Waals surface area contributed by atoms with Crippen molar-refractivity contribution in [3.63, 3.8) is 0 Å². The molecule has 0 aliphatic rings. The Kier molecular flexibility index (Phi) is 8.00. The molecule has 0 aliphatic carbocycles. The molecule has 0 saturated heterocycles. The van der Waals surface area contributed by atoms with Crippen LogP contribution in [0.3, 0.4) is 0 Å². The minimum atomic E-state index is -5.01. The number of hydrogen-bond donors (Lipinski definition) is 1. The van der Waals surface area contributed by atoms with E-state index >= 15 is 0 Å². The van der Waals surface area contributed by atoms with Gasteiger partial charge in [-0.05, 0) is 19.4 Å². The van der Waals surface area contributed by atoms with Crippen molar-refractivity contribution in [2.75, 3.05) is 13.7 Å². The summed E-state index contributed by atoms with van der Waals surface area (Å²) in [6.45, 7) is 1.32. The molecule has 0 aliphatic heterocycles. The van der Waals surface area contributed by atoms with Gasteiger partial charge in [0.2, 0.25) is 0 Å². The maximum Gasteiger partial charge on any atom is 0.408 e. The average molecular weight is 422 g/mol. The number of nitrogens with one attached hydrogen (secondary N) is 1. The van der Waals surface area contributed by atoms with Crippen LogP contribution in [-0.2, 0) is 6.54 Å². The lowest BCUT2D eigenvalue weighted by Crippen LogP contribution is -2.50. The predicted octanol–water partition coefficient (Wildman–Crippen LogP) is 4.55. The van der Waals surface area contributed by atoms with Crippen molar-refractivity contribution in [2.24, 2.45) is 0 Å². The van der Waals surface area contributed by atoms with E-state index in [1.54, 1.807) is 5.32 Å². The van der Waals surface area contributed by atoms with Gasteiger partial charge in [0, 0.05) is 13.0 Å². The van der Waals surface area contributed by atoms with Crippen molar-refractivity contribution < 1.29 is 35.9 Å². The Morgan fingerprint density at radius 2 is 1.96 bits per heavy atom. The summed E-state index contributed by atoms with van der Waals surface area (Å²) in [6.07, 6.45) is -11.5. The van der Waals surface area contributed by atoms with Crippen LogP contribution in [0.25, 0.3) is 0 Å². The largest absolute Gasteiger partial charge is 0.494 e. The van der Waals surface area contributed by atoms with Crippen molar-refractivity contribution in [1.29, 1.82) is 0 Å². The normalized spacial score (nSPS) is 13.2. The van der Waals surface area contributed by atoms with Crippen molar-refractivity contribution >= 4 is 17.6 Å². The summed E-state index contributed by atoms with van der Waals surface area (Å²) in [5, 5.41) is 1.81. The maximum atomic E-state index is 12.9. The van der Waals surface area contributed by atoms with E-state index in [-0.39, 0.29) is 29.6 Å². The van der Waals surface area contributed by atoms with Crippen LogP contribution in [0.4, 0.5) is 31.1 Å². The summed E-state index contributed by atoms with van der Waals surface area (Å²) >= 11 is 5.92. The van der Waals surface area contributed by atoms with Crippen LogP contribution in [0, 0.1) is 0 Å². The van der Waals surface area contributed by atoms with Gasteiger partial charge in [0.05, 0.1) is 30.6 Å². The summed E-state index contributed by atoms with van der Waals surface area (Å²) in [5.74, 6) is 0.275. The molecule has 2 amide bonds. The number of hydrogen-bond acceptors (Lipinski definition) is 3. The number of aromatic nitrogens is 1. The third kappa shape index (κ3) is 7.69. The fraction of sp³-hybridized carbons (Fsp3) is 0.600. The van der Waals surface area contributed by atoms with Gasteiger partial charge in [-0.15, -0.1) is 0 Å². The number of urea groups is 1. The van der Waals surface area contributed by atoms with Gasteiger partial charge >= 0.3 is 18.4 Å². The summed E-state index contributed by atoms with van der Waals surface area (Å²) < 4.78 is 80.4. The van der Waals surface area contributed by atoms with E-state index in [2.05, 4.69) is 4.98 Å². The third-order valence-corrected chi connectivity index (χ3v) is 3.82. The summed E-state index contributed by atoms with van der Waals surface area (Å²) in [5.41, 5.74) is 0.275. The summed E-state index contributed by atoms with van der Waals surface area (Å²) in [7, 11) is 1.37. The molecule has 1 unspecified atom stereocenters. The predicted molar refractivity (Wildman–Crippen MR) is 85.5 cm³/mol. The Labute approximate surface area is 156 Å². The molecule has 1 aromatic rings. The first-order chi connectivity index (χ1) is 12.4. The molecule has 0 bridgehead atoms. The van der Waals surface area contributed by atoms with Gasteiger partial charge in [0.25, 0.3) is 0 Å². The number of amides is 2. The first-order valence-electron chi connectivity index (χ1n) is 7.74. The third-order valence-electron chi connectivity index (χ3n) is 3.53. The maximum absolute atomic E-state index is 12.9. The van der Waals surface area contributed by atoms with E-state index in [0.717, 1.165) is 4.90 Å². The highest BCUT2D eigenvalue weighted by Gasteiger charge is 2.43. The minimum absolute atomic E-state index is 0.00100. The highest BCUT2D eigenvalue weighted by atomic mass is 35.5.